The Morgan fingerprint density at radius 2 is 2.00 bits per heavy atom. The molecule has 1 rings (SSSR count). The van der Waals surface area contributed by atoms with Crippen molar-refractivity contribution in [2.75, 3.05) is 0 Å². The second-order valence-electron chi connectivity index (χ2n) is 3.67. The monoisotopic (exact) mass is 188 g/mol. The van der Waals surface area contributed by atoms with Gasteiger partial charge in [-0.1, -0.05) is 0 Å². The molecular weight excluding hydrogens is 174 g/mol. The van der Waals surface area contributed by atoms with Gasteiger partial charge in [0.05, 0.1) is 6.10 Å². The molecule has 1 aliphatic carbocycles. The van der Waals surface area contributed by atoms with E-state index in [4.69, 9.17) is 6.42 Å². The first-order valence-electron chi connectivity index (χ1n) is 4.54. The highest BCUT2D eigenvalue weighted by Gasteiger charge is 2.36. The fraction of sp³-hybridized carbons (Fsp3) is 0.800. The third kappa shape index (κ3) is 2.96. The molecule has 13 heavy (non-hydrogen) atoms. The van der Waals surface area contributed by atoms with Crippen molar-refractivity contribution in [1.29, 1.82) is 0 Å². The summed E-state index contributed by atoms with van der Waals surface area (Å²) in [6.45, 7) is 0. The van der Waals surface area contributed by atoms with Gasteiger partial charge in [-0.15, -0.1) is 12.3 Å². The summed E-state index contributed by atoms with van der Waals surface area (Å²) in [5.41, 5.74) is 0. The summed E-state index contributed by atoms with van der Waals surface area (Å²) in [7, 11) is 0. The van der Waals surface area contributed by atoms with E-state index in [0.29, 0.717) is 12.8 Å². The molecule has 1 atom stereocenters. The van der Waals surface area contributed by atoms with Crippen LogP contribution < -0.4 is 0 Å². The molecule has 0 aromatic carbocycles. The third-order valence-electron chi connectivity index (χ3n) is 2.63. The smallest absolute Gasteiger partial charge is 0.248 e. The van der Waals surface area contributed by atoms with Gasteiger partial charge in [0.1, 0.15) is 0 Å². The number of terminal acetylenes is 1. The van der Waals surface area contributed by atoms with Crippen molar-refractivity contribution >= 4 is 0 Å². The van der Waals surface area contributed by atoms with Crippen molar-refractivity contribution in [1.82, 2.24) is 0 Å². The highest BCUT2D eigenvalue weighted by atomic mass is 19.3. The lowest BCUT2D eigenvalue weighted by Gasteiger charge is -2.30. The Morgan fingerprint density at radius 1 is 1.46 bits per heavy atom. The van der Waals surface area contributed by atoms with Crippen LogP contribution in [0, 0.1) is 18.3 Å². The zero-order chi connectivity index (χ0) is 9.90. The molecule has 1 fully saturated rings. The Bertz CT molecular complexity index is 197. The number of alkyl halides is 2. The molecule has 0 amide bonds. The first-order chi connectivity index (χ1) is 6.05. The average molecular weight is 188 g/mol. The van der Waals surface area contributed by atoms with Crippen molar-refractivity contribution in [3.8, 4) is 12.3 Å². The van der Waals surface area contributed by atoms with Crippen LogP contribution in [-0.2, 0) is 0 Å². The van der Waals surface area contributed by atoms with Crippen molar-refractivity contribution in [3.05, 3.63) is 0 Å². The molecule has 0 spiro atoms. The number of aliphatic hydroxyl groups excluding tert-OH is 1. The molecule has 0 saturated heterocycles. The summed E-state index contributed by atoms with van der Waals surface area (Å²) >= 11 is 0. The minimum absolute atomic E-state index is 0.0318. The zero-order valence-electron chi connectivity index (χ0n) is 7.47. The SMILES string of the molecule is C#CCC(O)C1CCC(F)(F)CC1. The fourth-order valence-corrected chi connectivity index (χ4v) is 1.73. The predicted molar refractivity (Wildman–Crippen MR) is 46.4 cm³/mol. The van der Waals surface area contributed by atoms with Gasteiger partial charge in [0.2, 0.25) is 5.92 Å². The maximum absolute atomic E-state index is 12.7. The van der Waals surface area contributed by atoms with Crippen LogP contribution in [0.1, 0.15) is 32.1 Å². The Balaban J connectivity index is 2.37. The van der Waals surface area contributed by atoms with E-state index in [1.807, 2.05) is 0 Å². The molecule has 0 radical (unpaired) electrons. The van der Waals surface area contributed by atoms with Crippen LogP contribution in [0.25, 0.3) is 0 Å². The summed E-state index contributed by atoms with van der Waals surface area (Å²) in [5.74, 6) is -0.205. The molecule has 1 nitrogen and oxygen atoms in total. The maximum Gasteiger partial charge on any atom is 0.248 e. The van der Waals surface area contributed by atoms with Gasteiger partial charge in [-0.05, 0) is 18.8 Å². The van der Waals surface area contributed by atoms with Gasteiger partial charge in [0, 0.05) is 19.3 Å². The lowest BCUT2D eigenvalue weighted by atomic mass is 9.82. The maximum atomic E-state index is 12.7. The normalized spacial score (nSPS) is 25.1. The van der Waals surface area contributed by atoms with Crippen LogP contribution in [0.3, 0.4) is 0 Å². The summed E-state index contributed by atoms with van der Waals surface area (Å²) in [5, 5.41) is 9.46. The molecule has 0 bridgehead atoms. The Labute approximate surface area is 77.1 Å². The van der Waals surface area contributed by atoms with E-state index in [-0.39, 0.29) is 25.2 Å². The van der Waals surface area contributed by atoms with Gasteiger partial charge < -0.3 is 5.11 Å². The topological polar surface area (TPSA) is 20.2 Å². The van der Waals surface area contributed by atoms with Crippen LogP contribution in [0.5, 0.6) is 0 Å². The van der Waals surface area contributed by atoms with Gasteiger partial charge in [-0.3, -0.25) is 0 Å². The third-order valence-corrected chi connectivity index (χ3v) is 2.63. The minimum atomic E-state index is -2.52. The van der Waals surface area contributed by atoms with Crippen molar-refractivity contribution in [2.24, 2.45) is 5.92 Å². The van der Waals surface area contributed by atoms with E-state index < -0.39 is 12.0 Å². The number of halogens is 2. The van der Waals surface area contributed by atoms with Crippen LogP contribution in [0.2, 0.25) is 0 Å². The van der Waals surface area contributed by atoms with Gasteiger partial charge in [-0.25, -0.2) is 8.78 Å². The molecule has 1 unspecified atom stereocenters. The lowest BCUT2D eigenvalue weighted by molar-refractivity contribution is -0.0614. The van der Waals surface area contributed by atoms with Crippen molar-refractivity contribution < 1.29 is 13.9 Å². The number of hydrogen-bond acceptors (Lipinski definition) is 1. The summed E-state index contributed by atoms with van der Waals surface area (Å²) < 4.78 is 25.4. The second-order valence-corrected chi connectivity index (χ2v) is 3.67. The molecule has 0 heterocycles. The van der Waals surface area contributed by atoms with E-state index in [1.165, 1.54) is 0 Å². The van der Waals surface area contributed by atoms with E-state index in [1.54, 1.807) is 0 Å². The molecule has 74 valence electrons. The van der Waals surface area contributed by atoms with Crippen LogP contribution in [0.15, 0.2) is 0 Å². The van der Waals surface area contributed by atoms with E-state index in [9.17, 15) is 13.9 Å². The predicted octanol–water partition coefficient (Wildman–Crippen LogP) is 2.20. The highest BCUT2D eigenvalue weighted by Crippen LogP contribution is 2.37. The van der Waals surface area contributed by atoms with Crippen LogP contribution >= 0.6 is 0 Å². The van der Waals surface area contributed by atoms with Crippen LogP contribution in [-0.4, -0.2) is 17.1 Å². The fourth-order valence-electron chi connectivity index (χ4n) is 1.73. The quantitative estimate of drug-likeness (QED) is 0.658. The lowest BCUT2D eigenvalue weighted by Crippen LogP contribution is -2.30. The summed E-state index contributed by atoms with van der Waals surface area (Å²) in [6.07, 6.45) is 5.26. The number of aliphatic hydroxyl groups is 1. The van der Waals surface area contributed by atoms with Crippen molar-refractivity contribution in [3.63, 3.8) is 0 Å². The Morgan fingerprint density at radius 3 is 2.46 bits per heavy atom. The van der Waals surface area contributed by atoms with Gasteiger partial charge in [0.25, 0.3) is 0 Å². The van der Waals surface area contributed by atoms with Gasteiger partial charge >= 0.3 is 0 Å². The Hall–Kier alpha value is -0.620. The van der Waals surface area contributed by atoms with Gasteiger partial charge in [-0.2, -0.15) is 0 Å². The first-order valence-corrected chi connectivity index (χ1v) is 4.54. The molecule has 1 N–H and O–H groups in total. The molecule has 1 saturated carbocycles. The average Bonchev–Trinajstić information content (AvgIpc) is 2.04. The summed E-state index contributed by atoms with van der Waals surface area (Å²) in [6, 6.07) is 0. The van der Waals surface area contributed by atoms with Crippen molar-refractivity contribution in [2.45, 2.75) is 44.1 Å². The molecule has 0 aliphatic heterocycles. The minimum Gasteiger partial charge on any atom is -0.392 e. The molecule has 0 aromatic rings. The Kier molecular flexibility index (Phi) is 3.27. The molecule has 3 heteroatoms. The zero-order valence-corrected chi connectivity index (χ0v) is 7.47. The van der Waals surface area contributed by atoms with E-state index in [0.717, 1.165) is 0 Å². The van der Waals surface area contributed by atoms with E-state index >= 15 is 0 Å². The number of rotatable bonds is 2. The standard InChI is InChI=1S/C10H14F2O/c1-2-3-9(13)8-4-6-10(11,12)7-5-8/h1,8-9,13H,3-7H2. The van der Waals surface area contributed by atoms with Gasteiger partial charge in [0.15, 0.2) is 0 Å². The summed E-state index contributed by atoms with van der Waals surface area (Å²) in [4.78, 5) is 0. The van der Waals surface area contributed by atoms with E-state index in [2.05, 4.69) is 5.92 Å². The van der Waals surface area contributed by atoms with Crippen LogP contribution in [0.4, 0.5) is 8.78 Å². The highest BCUT2D eigenvalue weighted by molar-refractivity contribution is 4.91. The second kappa shape index (κ2) is 4.06. The molecule has 1 aliphatic rings. The largest absolute Gasteiger partial charge is 0.392 e. The molecular formula is C10H14F2O. The first kappa shape index (κ1) is 10.5. The molecule has 0 aromatic heterocycles. The number of hydrogen-bond donors (Lipinski definition) is 1.